The van der Waals surface area contributed by atoms with E-state index in [0.29, 0.717) is 36.0 Å². The summed E-state index contributed by atoms with van der Waals surface area (Å²) in [5, 5.41) is 5.78. The van der Waals surface area contributed by atoms with Crippen LogP contribution in [0.15, 0.2) is 60.7 Å². The molecule has 2 N–H and O–H groups in total. The van der Waals surface area contributed by atoms with Crippen LogP contribution in [-0.4, -0.2) is 54.6 Å². The number of halogens is 1. The summed E-state index contributed by atoms with van der Waals surface area (Å²) < 4.78 is 19.8. The molecule has 1 atom stereocenters. The summed E-state index contributed by atoms with van der Waals surface area (Å²) in [6, 6.07) is 11.6. The first-order chi connectivity index (χ1) is 17.8. The van der Waals surface area contributed by atoms with Gasteiger partial charge in [-0.15, -0.1) is 0 Å². The second kappa shape index (κ2) is 11.3. The van der Waals surface area contributed by atoms with E-state index < -0.39 is 5.82 Å². The van der Waals surface area contributed by atoms with Gasteiger partial charge in [0.05, 0.1) is 7.11 Å². The molecular weight excluding hydrogens is 471 g/mol. The summed E-state index contributed by atoms with van der Waals surface area (Å²) in [4.78, 5) is 25.4. The number of nitrogens with zero attached hydrogens (tertiary/aromatic N) is 4. The van der Waals surface area contributed by atoms with Gasteiger partial charge in [0.2, 0.25) is 5.95 Å². The molecule has 1 aliphatic rings. The average molecular weight is 505 g/mol. The van der Waals surface area contributed by atoms with E-state index in [2.05, 4.69) is 69.6 Å². The highest BCUT2D eigenvalue weighted by Crippen LogP contribution is 2.26. The third kappa shape index (κ3) is 5.99. The number of aryl methyl sites for hydroxylation is 2. The number of amides is 1. The van der Waals surface area contributed by atoms with Crippen LogP contribution in [0.25, 0.3) is 0 Å². The highest BCUT2D eigenvalue weighted by Gasteiger charge is 2.20. The molecule has 0 saturated carbocycles. The number of aromatic nitrogens is 2. The van der Waals surface area contributed by atoms with Crippen molar-refractivity contribution < 1.29 is 13.9 Å². The van der Waals surface area contributed by atoms with Crippen molar-refractivity contribution in [3.05, 3.63) is 83.2 Å². The van der Waals surface area contributed by atoms with Crippen LogP contribution in [0.3, 0.4) is 0 Å². The van der Waals surface area contributed by atoms with Gasteiger partial charge in [-0.3, -0.25) is 4.79 Å². The molecule has 1 aliphatic heterocycles. The number of ether oxygens (including phenoxy) is 1. The van der Waals surface area contributed by atoms with Gasteiger partial charge in [-0.1, -0.05) is 0 Å². The van der Waals surface area contributed by atoms with Crippen molar-refractivity contribution >= 4 is 23.2 Å². The minimum atomic E-state index is -0.463. The van der Waals surface area contributed by atoms with E-state index in [9.17, 15) is 9.18 Å². The van der Waals surface area contributed by atoms with Gasteiger partial charge in [0, 0.05) is 67.9 Å². The summed E-state index contributed by atoms with van der Waals surface area (Å²) in [6.45, 7) is 5.27. The van der Waals surface area contributed by atoms with Crippen LogP contribution in [0.5, 0.6) is 5.75 Å². The molecule has 9 heteroatoms. The molecule has 194 valence electrons. The van der Waals surface area contributed by atoms with Gasteiger partial charge in [-0.05, 0) is 74.2 Å². The minimum Gasteiger partial charge on any atom is -0.494 e. The van der Waals surface area contributed by atoms with Crippen molar-refractivity contribution in [3.63, 3.8) is 0 Å². The van der Waals surface area contributed by atoms with Gasteiger partial charge < -0.3 is 25.2 Å². The third-order valence-corrected chi connectivity index (χ3v) is 6.69. The SMILES string of the molecule is CNC(=O)c1cc(CCc2cnc(Nc3ccc(N4C=C(C)N(C)[C@@H](C)C4)cc3)nc2)c(F)c(OC)c1. The molecule has 1 aromatic heterocycles. The maximum Gasteiger partial charge on any atom is 0.251 e. The van der Waals surface area contributed by atoms with E-state index in [1.165, 1.54) is 25.9 Å². The minimum absolute atomic E-state index is 0.0474. The van der Waals surface area contributed by atoms with E-state index in [-0.39, 0.29) is 11.7 Å². The van der Waals surface area contributed by atoms with Crippen LogP contribution in [0.2, 0.25) is 0 Å². The maximum absolute atomic E-state index is 14.7. The molecule has 2 heterocycles. The summed E-state index contributed by atoms with van der Waals surface area (Å²) in [6.07, 6.45) is 6.51. The van der Waals surface area contributed by atoms with Crippen molar-refractivity contribution in [2.45, 2.75) is 32.7 Å². The number of methoxy groups -OCH3 is 1. The van der Waals surface area contributed by atoms with Gasteiger partial charge in [-0.2, -0.15) is 0 Å². The molecule has 1 amide bonds. The van der Waals surface area contributed by atoms with Gasteiger partial charge >= 0.3 is 0 Å². The number of rotatable bonds is 8. The number of likely N-dealkylation sites (N-methyl/N-ethyl adjacent to an activating group) is 1. The second-order valence-corrected chi connectivity index (χ2v) is 9.20. The molecule has 37 heavy (non-hydrogen) atoms. The van der Waals surface area contributed by atoms with Crippen LogP contribution in [0.1, 0.15) is 35.3 Å². The quantitative estimate of drug-likeness (QED) is 0.467. The lowest BCUT2D eigenvalue weighted by atomic mass is 10.0. The Kier molecular flexibility index (Phi) is 7.91. The molecule has 4 rings (SSSR count). The Labute approximate surface area is 217 Å². The van der Waals surface area contributed by atoms with E-state index in [0.717, 1.165) is 23.5 Å². The number of nitrogens with one attached hydrogen (secondary N) is 2. The van der Waals surface area contributed by atoms with Crippen LogP contribution in [0, 0.1) is 5.82 Å². The number of hydrogen-bond donors (Lipinski definition) is 2. The van der Waals surface area contributed by atoms with Crippen LogP contribution in [0.4, 0.5) is 21.7 Å². The Morgan fingerprint density at radius 2 is 1.86 bits per heavy atom. The Morgan fingerprint density at radius 1 is 1.16 bits per heavy atom. The smallest absolute Gasteiger partial charge is 0.251 e. The first-order valence-electron chi connectivity index (χ1n) is 12.2. The maximum atomic E-state index is 14.7. The first kappa shape index (κ1) is 25.9. The normalized spacial score (nSPS) is 15.3. The zero-order valence-electron chi connectivity index (χ0n) is 21.9. The fraction of sp³-hybridized carbons (Fsp3) is 0.321. The Bertz CT molecular complexity index is 1280. The van der Waals surface area contributed by atoms with Gasteiger partial charge in [0.1, 0.15) is 0 Å². The fourth-order valence-electron chi connectivity index (χ4n) is 4.26. The third-order valence-electron chi connectivity index (χ3n) is 6.69. The number of benzene rings is 2. The summed E-state index contributed by atoms with van der Waals surface area (Å²) in [5.74, 6) is -0.230. The molecule has 0 saturated heterocycles. The molecule has 0 fully saturated rings. The highest BCUT2D eigenvalue weighted by atomic mass is 19.1. The van der Waals surface area contributed by atoms with Gasteiger partial charge in [0.25, 0.3) is 5.91 Å². The molecule has 8 nitrogen and oxygen atoms in total. The number of hydrogen-bond acceptors (Lipinski definition) is 7. The Hall–Kier alpha value is -4.14. The van der Waals surface area contributed by atoms with Crippen molar-refractivity contribution in [2.75, 3.05) is 38.0 Å². The van der Waals surface area contributed by atoms with Crippen LogP contribution >= 0.6 is 0 Å². The number of anilines is 3. The largest absolute Gasteiger partial charge is 0.494 e. The molecule has 3 aromatic rings. The molecular formula is C28H33FN6O2. The van der Waals surface area contributed by atoms with Crippen molar-refractivity contribution in [3.8, 4) is 5.75 Å². The second-order valence-electron chi connectivity index (χ2n) is 9.20. The van der Waals surface area contributed by atoms with Gasteiger partial charge in [0.15, 0.2) is 11.6 Å². The zero-order chi connectivity index (χ0) is 26.5. The molecule has 0 radical (unpaired) electrons. The zero-order valence-corrected chi connectivity index (χ0v) is 21.9. The fourth-order valence-corrected chi connectivity index (χ4v) is 4.26. The lowest BCUT2D eigenvalue weighted by Gasteiger charge is -2.38. The predicted octanol–water partition coefficient (Wildman–Crippen LogP) is 4.51. The number of allylic oxidation sites excluding steroid dienone is 1. The van der Waals surface area contributed by atoms with Crippen LogP contribution < -0.4 is 20.3 Å². The lowest BCUT2D eigenvalue weighted by molar-refractivity contribution is 0.0962. The standard InChI is InChI=1S/C28H33FN6O2/c1-18-16-35(17-19(2)34(18)4)24-10-8-23(9-11-24)33-28-31-14-20(15-32-28)6-7-21-12-22(27(36)30-3)13-25(37-5)26(21)29/h8-16,19H,6-7,17H2,1-5H3,(H,30,36)(H,31,32,33)/t19-/m0/s1. The number of carbonyl (C=O) groups is 1. The Morgan fingerprint density at radius 3 is 2.49 bits per heavy atom. The van der Waals surface area contributed by atoms with Gasteiger partial charge in [-0.25, -0.2) is 14.4 Å². The summed E-state index contributed by atoms with van der Waals surface area (Å²) in [5.41, 5.74) is 4.86. The lowest BCUT2D eigenvalue weighted by Crippen LogP contribution is -2.42. The molecule has 0 spiro atoms. The highest BCUT2D eigenvalue weighted by molar-refractivity contribution is 5.94. The number of carbonyl (C=O) groups excluding carboxylic acids is 1. The topological polar surface area (TPSA) is 82.6 Å². The van der Waals surface area contributed by atoms with Crippen molar-refractivity contribution in [1.29, 1.82) is 0 Å². The molecule has 0 unspecified atom stereocenters. The van der Waals surface area contributed by atoms with E-state index in [1.54, 1.807) is 18.5 Å². The van der Waals surface area contributed by atoms with Crippen molar-refractivity contribution in [2.24, 2.45) is 0 Å². The summed E-state index contributed by atoms with van der Waals surface area (Å²) >= 11 is 0. The monoisotopic (exact) mass is 504 g/mol. The molecule has 0 aliphatic carbocycles. The molecule has 0 bridgehead atoms. The summed E-state index contributed by atoms with van der Waals surface area (Å²) in [7, 11) is 5.03. The Balaban J connectivity index is 1.38. The van der Waals surface area contributed by atoms with Crippen molar-refractivity contribution in [1.82, 2.24) is 20.2 Å². The first-order valence-corrected chi connectivity index (χ1v) is 12.2. The predicted molar refractivity (Wildman–Crippen MR) is 144 cm³/mol. The van der Waals surface area contributed by atoms with E-state index in [4.69, 9.17) is 4.74 Å². The van der Waals surface area contributed by atoms with E-state index in [1.807, 2.05) is 12.1 Å². The van der Waals surface area contributed by atoms with E-state index >= 15 is 0 Å². The average Bonchev–Trinajstić information content (AvgIpc) is 2.91. The van der Waals surface area contributed by atoms with Crippen LogP contribution in [-0.2, 0) is 12.8 Å². The molecule has 2 aromatic carbocycles.